The van der Waals surface area contributed by atoms with Crippen LogP contribution in [-0.4, -0.2) is 30.6 Å². The van der Waals surface area contributed by atoms with Crippen molar-refractivity contribution in [2.45, 2.75) is 20.0 Å². The Balaban J connectivity index is 1.62. The van der Waals surface area contributed by atoms with Gasteiger partial charge < -0.3 is 5.32 Å². The minimum atomic E-state index is -0.628. The Labute approximate surface area is 141 Å². The molecule has 25 heavy (non-hydrogen) atoms. The van der Waals surface area contributed by atoms with Crippen molar-refractivity contribution in [3.8, 4) is 11.4 Å². The highest BCUT2D eigenvalue weighted by Gasteiger charge is 2.09. The second-order valence-electron chi connectivity index (χ2n) is 5.45. The zero-order valence-electron chi connectivity index (χ0n) is 13.4. The number of aryl methyl sites for hydroxylation is 1. The average Bonchev–Trinajstić information content (AvgIpc) is 3.08. The number of H-pyrrole nitrogens is 2. The van der Waals surface area contributed by atoms with Gasteiger partial charge in [-0.05, 0) is 6.92 Å². The number of hydrogen-bond donors (Lipinski definition) is 3. The van der Waals surface area contributed by atoms with Crippen molar-refractivity contribution in [2.24, 2.45) is 0 Å². The lowest BCUT2D eigenvalue weighted by molar-refractivity contribution is -0.121. The van der Waals surface area contributed by atoms with E-state index in [4.69, 9.17) is 0 Å². The largest absolute Gasteiger partial charge is 0.347 e. The van der Waals surface area contributed by atoms with Crippen molar-refractivity contribution in [1.82, 2.24) is 30.0 Å². The van der Waals surface area contributed by atoms with Crippen LogP contribution in [0.5, 0.6) is 0 Å². The molecule has 3 N–H and O–H groups in total. The Hall–Kier alpha value is -3.49. The summed E-state index contributed by atoms with van der Waals surface area (Å²) < 4.78 is 1.14. The number of carbonyl (C=O) groups excluding carboxylic acids is 1. The molecule has 0 unspecified atom stereocenters. The number of rotatable bonds is 5. The van der Waals surface area contributed by atoms with Crippen LogP contribution in [-0.2, 0) is 17.9 Å². The normalized spacial score (nSPS) is 10.6. The van der Waals surface area contributed by atoms with Crippen LogP contribution >= 0.6 is 0 Å². The van der Waals surface area contributed by atoms with E-state index in [0.717, 1.165) is 10.1 Å². The van der Waals surface area contributed by atoms with Crippen LogP contribution in [0.25, 0.3) is 11.4 Å². The van der Waals surface area contributed by atoms with E-state index in [-0.39, 0.29) is 19.0 Å². The lowest BCUT2D eigenvalue weighted by Gasteiger charge is -2.06. The summed E-state index contributed by atoms with van der Waals surface area (Å²) >= 11 is 0. The maximum atomic E-state index is 12.0. The van der Waals surface area contributed by atoms with Gasteiger partial charge in [0.1, 0.15) is 12.4 Å². The van der Waals surface area contributed by atoms with Crippen molar-refractivity contribution in [3.05, 3.63) is 68.8 Å². The highest BCUT2D eigenvalue weighted by molar-refractivity contribution is 5.75. The van der Waals surface area contributed by atoms with Gasteiger partial charge in [0, 0.05) is 17.3 Å². The predicted octanol–water partition coefficient (Wildman–Crippen LogP) is -0.0535. The van der Waals surface area contributed by atoms with Crippen LogP contribution in [0, 0.1) is 6.92 Å². The van der Waals surface area contributed by atoms with E-state index in [2.05, 4.69) is 25.5 Å². The molecule has 0 atom stereocenters. The maximum Gasteiger partial charge on any atom is 0.328 e. The van der Waals surface area contributed by atoms with E-state index in [1.54, 1.807) is 6.92 Å². The molecule has 0 aliphatic heterocycles. The molecule has 128 valence electrons. The van der Waals surface area contributed by atoms with Crippen LogP contribution in [0.15, 0.2) is 46.1 Å². The number of benzene rings is 1. The van der Waals surface area contributed by atoms with Gasteiger partial charge in [0.2, 0.25) is 5.91 Å². The lowest BCUT2D eigenvalue weighted by Crippen LogP contribution is -2.36. The smallest absolute Gasteiger partial charge is 0.328 e. The summed E-state index contributed by atoms with van der Waals surface area (Å²) in [5, 5.41) is 9.51. The molecular weight excluding hydrogens is 324 g/mol. The first kappa shape index (κ1) is 16.4. The van der Waals surface area contributed by atoms with Crippen molar-refractivity contribution in [3.63, 3.8) is 0 Å². The molecule has 9 heteroatoms. The van der Waals surface area contributed by atoms with Gasteiger partial charge in [-0.15, -0.1) is 0 Å². The highest BCUT2D eigenvalue weighted by Crippen LogP contribution is 2.12. The SMILES string of the molecule is Cc1cn(CC(=O)NCc2nc(-c3ccccc3)n[nH]2)c(=O)[nH]c1=O. The number of aromatic amines is 2. The zero-order valence-corrected chi connectivity index (χ0v) is 13.4. The summed E-state index contributed by atoms with van der Waals surface area (Å²) in [5.74, 6) is 0.653. The third-order valence-electron chi connectivity index (χ3n) is 3.52. The number of carbonyl (C=O) groups is 1. The Morgan fingerprint density at radius 2 is 2.00 bits per heavy atom. The molecule has 3 aromatic rings. The molecule has 2 heterocycles. The van der Waals surface area contributed by atoms with Crippen LogP contribution in [0.1, 0.15) is 11.4 Å². The van der Waals surface area contributed by atoms with Crippen LogP contribution < -0.4 is 16.6 Å². The molecule has 0 aliphatic rings. The van der Waals surface area contributed by atoms with E-state index in [1.807, 2.05) is 30.3 Å². The van der Waals surface area contributed by atoms with Crippen molar-refractivity contribution in [1.29, 1.82) is 0 Å². The van der Waals surface area contributed by atoms with Gasteiger partial charge >= 0.3 is 5.69 Å². The van der Waals surface area contributed by atoms with E-state index < -0.39 is 11.2 Å². The fourth-order valence-electron chi connectivity index (χ4n) is 2.22. The first-order valence-electron chi connectivity index (χ1n) is 7.56. The predicted molar refractivity (Wildman–Crippen MR) is 89.7 cm³/mol. The topological polar surface area (TPSA) is 126 Å². The molecule has 0 spiro atoms. The highest BCUT2D eigenvalue weighted by atomic mass is 16.2. The van der Waals surface area contributed by atoms with Crippen molar-refractivity contribution in [2.75, 3.05) is 0 Å². The molecular formula is C16H16N6O3. The van der Waals surface area contributed by atoms with Gasteiger partial charge in [-0.2, -0.15) is 5.10 Å². The maximum absolute atomic E-state index is 12.0. The molecule has 0 radical (unpaired) electrons. The fourth-order valence-corrected chi connectivity index (χ4v) is 2.22. The summed E-state index contributed by atoms with van der Waals surface area (Å²) in [6.07, 6.45) is 1.35. The van der Waals surface area contributed by atoms with Crippen molar-refractivity contribution < 1.29 is 4.79 Å². The van der Waals surface area contributed by atoms with Crippen molar-refractivity contribution >= 4 is 5.91 Å². The Morgan fingerprint density at radius 1 is 1.24 bits per heavy atom. The van der Waals surface area contributed by atoms with E-state index in [9.17, 15) is 14.4 Å². The second-order valence-corrected chi connectivity index (χ2v) is 5.45. The molecule has 1 aromatic carbocycles. The van der Waals surface area contributed by atoms with Crippen LogP contribution in [0.2, 0.25) is 0 Å². The van der Waals surface area contributed by atoms with Gasteiger partial charge in [-0.3, -0.25) is 24.2 Å². The third-order valence-corrected chi connectivity index (χ3v) is 3.52. The summed E-state index contributed by atoms with van der Waals surface area (Å²) in [6.45, 7) is 1.51. The van der Waals surface area contributed by atoms with Gasteiger partial charge in [0.25, 0.3) is 5.56 Å². The monoisotopic (exact) mass is 340 g/mol. The minimum Gasteiger partial charge on any atom is -0.347 e. The molecule has 9 nitrogen and oxygen atoms in total. The number of amides is 1. The van der Waals surface area contributed by atoms with Crippen LogP contribution in [0.4, 0.5) is 0 Å². The van der Waals surface area contributed by atoms with Gasteiger partial charge in [0.15, 0.2) is 5.82 Å². The van der Waals surface area contributed by atoms with E-state index in [1.165, 1.54) is 6.20 Å². The number of hydrogen-bond acceptors (Lipinski definition) is 5. The fraction of sp³-hybridized carbons (Fsp3) is 0.188. The molecule has 0 aliphatic carbocycles. The number of nitrogens with one attached hydrogen (secondary N) is 3. The Kier molecular flexibility index (Phi) is 4.55. The summed E-state index contributed by atoms with van der Waals surface area (Å²) in [6, 6.07) is 9.44. The third kappa shape index (κ3) is 3.89. The molecule has 0 saturated heterocycles. The van der Waals surface area contributed by atoms with Gasteiger partial charge in [0.05, 0.1) is 6.54 Å². The summed E-state index contributed by atoms with van der Waals surface area (Å²) in [4.78, 5) is 41.4. The molecule has 0 fully saturated rings. The molecule has 1 amide bonds. The molecule has 0 saturated carbocycles. The van der Waals surface area contributed by atoms with Crippen LogP contribution in [0.3, 0.4) is 0 Å². The van der Waals surface area contributed by atoms with Gasteiger partial charge in [-0.25, -0.2) is 9.78 Å². The zero-order chi connectivity index (χ0) is 17.8. The molecule has 3 rings (SSSR count). The summed E-state index contributed by atoms with van der Waals surface area (Å²) in [7, 11) is 0. The minimum absolute atomic E-state index is 0.149. The molecule has 2 aromatic heterocycles. The van der Waals surface area contributed by atoms with Gasteiger partial charge in [-0.1, -0.05) is 30.3 Å². The van der Waals surface area contributed by atoms with E-state index >= 15 is 0 Å². The number of aromatic nitrogens is 5. The molecule has 0 bridgehead atoms. The average molecular weight is 340 g/mol. The van der Waals surface area contributed by atoms with E-state index in [0.29, 0.717) is 17.2 Å². The first-order chi connectivity index (χ1) is 12.0. The summed E-state index contributed by atoms with van der Waals surface area (Å²) in [5.41, 5.74) is 0.135. The first-order valence-corrected chi connectivity index (χ1v) is 7.56. The Bertz CT molecular complexity index is 1000. The second kappa shape index (κ2) is 6.95. The quantitative estimate of drug-likeness (QED) is 0.600. The lowest BCUT2D eigenvalue weighted by atomic mass is 10.2. The Morgan fingerprint density at radius 3 is 2.76 bits per heavy atom. The number of nitrogens with zero attached hydrogens (tertiary/aromatic N) is 3. The standard InChI is InChI=1S/C16H16N6O3/c1-10-8-22(16(25)19-15(10)24)9-13(23)17-7-12-18-14(21-20-12)11-5-3-2-4-6-11/h2-6,8H,7,9H2,1H3,(H,17,23)(H,18,20,21)(H,19,24,25).